The highest BCUT2D eigenvalue weighted by Gasteiger charge is 2.33. The minimum atomic E-state index is -0.496. The van der Waals surface area contributed by atoms with Crippen LogP contribution in [0.15, 0.2) is 12.4 Å². The van der Waals surface area contributed by atoms with Gasteiger partial charge in [0.1, 0.15) is 11.9 Å². The minimum Gasteiger partial charge on any atom is -0.368 e. The van der Waals surface area contributed by atoms with E-state index in [0.29, 0.717) is 24.4 Å². The lowest BCUT2D eigenvalue weighted by atomic mass is 10.2. The van der Waals surface area contributed by atoms with Gasteiger partial charge in [0.25, 0.3) is 5.91 Å². The zero-order valence-electron chi connectivity index (χ0n) is 9.59. The molecule has 1 atom stereocenters. The highest BCUT2D eigenvalue weighted by Crippen LogP contribution is 2.19. The summed E-state index contributed by atoms with van der Waals surface area (Å²) >= 11 is 0. The first-order valence-corrected chi connectivity index (χ1v) is 5.48. The van der Waals surface area contributed by atoms with Crippen molar-refractivity contribution in [2.75, 3.05) is 6.54 Å². The third-order valence-electron chi connectivity index (χ3n) is 2.87. The zero-order chi connectivity index (χ0) is 12.4. The fourth-order valence-electron chi connectivity index (χ4n) is 1.97. The Kier molecular flexibility index (Phi) is 3.03. The number of aromatic nitrogens is 2. The molecule has 0 aliphatic carbocycles. The number of aryl methyl sites for hydroxylation is 1. The Hall–Kier alpha value is -1.98. The maximum absolute atomic E-state index is 12.1. The molecule has 1 aliphatic heterocycles. The first kappa shape index (κ1) is 11.5. The van der Waals surface area contributed by atoms with Crippen LogP contribution in [0, 0.1) is 6.92 Å². The van der Waals surface area contributed by atoms with Crippen molar-refractivity contribution < 1.29 is 9.59 Å². The third-order valence-corrected chi connectivity index (χ3v) is 2.87. The van der Waals surface area contributed by atoms with Gasteiger partial charge in [-0.15, -0.1) is 0 Å². The van der Waals surface area contributed by atoms with Crippen LogP contribution in [0.1, 0.15) is 29.0 Å². The number of nitrogens with zero attached hydrogens (tertiary/aromatic N) is 3. The molecule has 90 valence electrons. The molecule has 0 saturated carbocycles. The van der Waals surface area contributed by atoms with Gasteiger partial charge >= 0.3 is 0 Å². The lowest BCUT2D eigenvalue weighted by Crippen LogP contribution is -2.43. The van der Waals surface area contributed by atoms with E-state index >= 15 is 0 Å². The van der Waals surface area contributed by atoms with E-state index < -0.39 is 11.9 Å². The van der Waals surface area contributed by atoms with Gasteiger partial charge in [0.15, 0.2) is 0 Å². The summed E-state index contributed by atoms with van der Waals surface area (Å²) < 4.78 is 0. The van der Waals surface area contributed by atoms with Gasteiger partial charge in [0, 0.05) is 18.9 Å². The number of nitrogens with two attached hydrogens (primary N) is 1. The average molecular weight is 234 g/mol. The fourth-order valence-corrected chi connectivity index (χ4v) is 1.97. The maximum atomic E-state index is 12.1. The highest BCUT2D eigenvalue weighted by atomic mass is 16.2. The van der Waals surface area contributed by atoms with E-state index in [-0.39, 0.29) is 5.91 Å². The van der Waals surface area contributed by atoms with Gasteiger partial charge in [0.2, 0.25) is 5.91 Å². The van der Waals surface area contributed by atoms with E-state index in [1.165, 1.54) is 17.3 Å². The van der Waals surface area contributed by atoms with Crippen molar-refractivity contribution >= 4 is 11.8 Å². The molecule has 2 N–H and O–H groups in total. The molecule has 0 radical (unpaired) electrons. The molecule has 1 aliphatic rings. The maximum Gasteiger partial charge on any atom is 0.257 e. The predicted octanol–water partition coefficient (Wildman–Crippen LogP) is -0.125. The molecular formula is C11H14N4O2. The molecule has 1 aromatic heterocycles. The summed E-state index contributed by atoms with van der Waals surface area (Å²) in [5.74, 6) is -0.0791. The number of primary amides is 1. The molecule has 1 aromatic rings. The number of hydrogen-bond donors (Lipinski definition) is 1. The van der Waals surface area contributed by atoms with Crippen LogP contribution in [0.2, 0.25) is 0 Å². The van der Waals surface area contributed by atoms with E-state index in [9.17, 15) is 9.59 Å². The zero-order valence-corrected chi connectivity index (χ0v) is 9.59. The van der Waals surface area contributed by atoms with E-state index in [4.69, 9.17) is 5.73 Å². The summed E-state index contributed by atoms with van der Waals surface area (Å²) in [7, 11) is 0. The van der Waals surface area contributed by atoms with E-state index in [2.05, 4.69) is 9.97 Å². The number of amides is 2. The summed E-state index contributed by atoms with van der Waals surface area (Å²) in [6, 6.07) is -0.496. The van der Waals surface area contributed by atoms with Crippen LogP contribution < -0.4 is 5.73 Å². The summed E-state index contributed by atoms with van der Waals surface area (Å²) in [6.07, 6.45) is 4.38. The first-order valence-electron chi connectivity index (χ1n) is 5.48. The van der Waals surface area contributed by atoms with Crippen LogP contribution in [0.4, 0.5) is 0 Å². The lowest BCUT2D eigenvalue weighted by molar-refractivity contribution is -0.121. The normalized spacial score (nSPS) is 19.4. The summed E-state index contributed by atoms with van der Waals surface area (Å²) in [5.41, 5.74) is 5.66. The molecule has 17 heavy (non-hydrogen) atoms. The van der Waals surface area contributed by atoms with Crippen LogP contribution >= 0.6 is 0 Å². The quantitative estimate of drug-likeness (QED) is 0.772. The van der Waals surface area contributed by atoms with E-state index in [1.807, 2.05) is 0 Å². The number of carbonyl (C=O) groups excluding carboxylic acids is 2. The van der Waals surface area contributed by atoms with Crippen molar-refractivity contribution in [3.63, 3.8) is 0 Å². The molecule has 1 saturated heterocycles. The monoisotopic (exact) mass is 234 g/mol. The second kappa shape index (κ2) is 4.48. The summed E-state index contributed by atoms with van der Waals surface area (Å²) in [6.45, 7) is 2.30. The van der Waals surface area contributed by atoms with Crippen molar-refractivity contribution in [1.29, 1.82) is 0 Å². The third kappa shape index (κ3) is 2.25. The molecule has 0 bridgehead atoms. The van der Waals surface area contributed by atoms with Crippen LogP contribution in [-0.2, 0) is 4.79 Å². The van der Waals surface area contributed by atoms with Gasteiger partial charge in [-0.3, -0.25) is 9.59 Å². The predicted molar refractivity (Wildman–Crippen MR) is 60.0 cm³/mol. The topological polar surface area (TPSA) is 89.2 Å². The van der Waals surface area contributed by atoms with Gasteiger partial charge in [-0.25, -0.2) is 9.97 Å². The molecule has 6 heteroatoms. The Labute approximate surface area is 98.8 Å². The molecule has 6 nitrogen and oxygen atoms in total. The first-order chi connectivity index (χ1) is 8.09. The highest BCUT2D eigenvalue weighted by molar-refractivity contribution is 5.97. The van der Waals surface area contributed by atoms with Crippen molar-refractivity contribution in [1.82, 2.24) is 14.9 Å². The molecule has 0 spiro atoms. The Bertz CT molecular complexity index is 443. The van der Waals surface area contributed by atoms with Gasteiger partial charge in [0.05, 0.1) is 5.56 Å². The molecule has 2 amide bonds. The molecule has 2 heterocycles. The van der Waals surface area contributed by atoms with Crippen LogP contribution in [0.5, 0.6) is 0 Å². The Balaban J connectivity index is 2.19. The fraction of sp³-hybridized carbons (Fsp3) is 0.455. The SMILES string of the molecule is Cc1ncc(C(=O)N2CCC[C@@H]2C(N)=O)cn1. The molecule has 1 fully saturated rings. The number of hydrogen-bond acceptors (Lipinski definition) is 4. The Morgan fingerprint density at radius 1 is 1.41 bits per heavy atom. The van der Waals surface area contributed by atoms with Crippen molar-refractivity contribution in [3.05, 3.63) is 23.8 Å². The average Bonchev–Trinajstić information content (AvgIpc) is 2.78. The minimum absolute atomic E-state index is 0.230. The Morgan fingerprint density at radius 3 is 2.65 bits per heavy atom. The van der Waals surface area contributed by atoms with Gasteiger partial charge in [-0.05, 0) is 19.8 Å². The lowest BCUT2D eigenvalue weighted by Gasteiger charge is -2.21. The second-order valence-electron chi connectivity index (χ2n) is 4.08. The summed E-state index contributed by atoms with van der Waals surface area (Å²) in [5, 5.41) is 0. The van der Waals surface area contributed by atoms with Crippen molar-refractivity contribution in [2.24, 2.45) is 5.73 Å². The smallest absolute Gasteiger partial charge is 0.257 e. The van der Waals surface area contributed by atoms with E-state index in [1.54, 1.807) is 6.92 Å². The molecule has 2 rings (SSSR count). The Morgan fingerprint density at radius 2 is 2.06 bits per heavy atom. The number of carbonyl (C=O) groups is 2. The second-order valence-corrected chi connectivity index (χ2v) is 4.08. The standard InChI is InChI=1S/C11H14N4O2/c1-7-13-5-8(6-14-7)11(17)15-4-2-3-9(15)10(12)16/h5-6,9H,2-4H2,1H3,(H2,12,16)/t9-/m1/s1. The van der Waals surface area contributed by atoms with Crippen molar-refractivity contribution in [3.8, 4) is 0 Å². The molecular weight excluding hydrogens is 220 g/mol. The number of likely N-dealkylation sites (tertiary alicyclic amines) is 1. The van der Waals surface area contributed by atoms with Crippen molar-refractivity contribution in [2.45, 2.75) is 25.8 Å². The summed E-state index contributed by atoms with van der Waals surface area (Å²) in [4.78, 5) is 32.7. The van der Waals surface area contributed by atoms with Gasteiger partial charge < -0.3 is 10.6 Å². The van der Waals surface area contributed by atoms with Crippen LogP contribution in [0.25, 0.3) is 0 Å². The molecule has 0 unspecified atom stereocenters. The van der Waals surface area contributed by atoms with E-state index in [0.717, 1.165) is 6.42 Å². The van der Waals surface area contributed by atoms with Gasteiger partial charge in [-0.2, -0.15) is 0 Å². The molecule has 0 aromatic carbocycles. The van der Waals surface area contributed by atoms with Crippen LogP contribution in [0.3, 0.4) is 0 Å². The largest absolute Gasteiger partial charge is 0.368 e. The van der Waals surface area contributed by atoms with Gasteiger partial charge in [-0.1, -0.05) is 0 Å². The van der Waals surface area contributed by atoms with Crippen LogP contribution in [-0.4, -0.2) is 39.3 Å². The number of rotatable bonds is 2.